The molecule has 0 bridgehead atoms. The summed E-state index contributed by atoms with van der Waals surface area (Å²) >= 11 is 0. The highest BCUT2D eigenvalue weighted by molar-refractivity contribution is 5.78. The van der Waals surface area contributed by atoms with E-state index in [2.05, 4.69) is 17.1 Å². The number of nitrogens with zero attached hydrogens (tertiary/aromatic N) is 2. The Morgan fingerprint density at radius 2 is 1.89 bits per heavy atom. The molecule has 4 nitrogen and oxygen atoms in total. The second-order valence-electron chi connectivity index (χ2n) is 4.93. The van der Waals surface area contributed by atoms with Crippen LogP contribution in [0.25, 0.3) is 0 Å². The predicted molar refractivity (Wildman–Crippen MR) is 75.6 cm³/mol. The van der Waals surface area contributed by atoms with Gasteiger partial charge in [0.05, 0.1) is 6.54 Å². The lowest BCUT2D eigenvalue weighted by Crippen LogP contribution is -2.49. The van der Waals surface area contributed by atoms with E-state index in [0.717, 1.165) is 45.2 Å². The zero-order valence-corrected chi connectivity index (χ0v) is 12.2. The van der Waals surface area contributed by atoms with Gasteiger partial charge in [0.25, 0.3) is 0 Å². The highest BCUT2D eigenvalue weighted by atomic mass is 16.2. The molecule has 2 aliphatic rings. The molecule has 1 N–H and O–H groups in total. The molecule has 2 aliphatic heterocycles. The Kier molecular flexibility index (Phi) is 7.28. The third-order valence-corrected chi connectivity index (χ3v) is 3.78. The molecule has 4 heteroatoms. The molecule has 0 aromatic rings. The van der Waals surface area contributed by atoms with Crippen molar-refractivity contribution in [2.24, 2.45) is 5.92 Å². The van der Waals surface area contributed by atoms with E-state index in [-0.39, 0.29) is 0 Å². The third-order valence-electron chi connectivity index (χ3n) is 3.78. The summed E-state index contributed by atoms with van der Waals surface area (Å²) in [6.07, 6.45) is 2.52. The average molecular weight is 255 g/mol. The van der Waals surface area contributed by atoms with Gasteiger partial charge in [-0.3, -0.25) is 9.69 Å². The number of carbonyl (C=O) groups excluding carboxylic acids is 1. The van der Waals surface area contributed by atoms with Gasteiger partial charge in [-0.1, -0.05) is 27.2 Å². The van der Waals surface area contributed by atoms with Crippen molar-refractivity contribution in [3.63, 3.8) is 0 Å². The summed E-state index contributed by atoms with van der Waals surface area (Å²) < 4.78 is 0. The van der Waals surface area contributed by atoms with E-state index >= 15 is 0 Å². The number of hydrogen-bond donors (Lipinski definition) is 1. The number of likely N-dealkylation sites (tertiary alicyclic amines) is 1. The predicted octanol–water partition coefficient (Wildman–Crippen LogP) is 1.18. The van der Waals surface area contributed by atoms with Gasteiger partial charge in [-0.2, -0.15) is 0 Å². The first-order chi connectivity index (χ1) is 8.79. The van der Waals surface area contributed by atoms with E-state index in [4.69, 9.17) is 0 Å². The van der Waals surface area contributed by atoms with Crippen molar-refractivity contribution in [3.05, 3.63) is 0 Å². The molecule has 2 heterocycles. The first kappa shape index (κ1) is 15.4. The zero-order chi connectivity index (χ0) is 13.4. The van der Waals surface area contributed by atoms with Gasteiger partial charge < -0.3 is 10.2 Å². The molecule has 2 fully saturated rings. The first-order valence-electron chi connectivity index (χ1n) is 7.50. The smallest absolute Gasteiger partial charge is 0.236 e. The molecule has 18 heavy (non-hydrogen) atoms. The largest absolute Gasteiger partial charge is 0.339 e. The van der Waals surface area contributed by atoms with Gasteiger partial charge in [-0.05, 0) is 18.9 Å². The van der Waals surface area contributed by atoms with Gasteiger partial charge in [-0.25, -0.2) is 0 Å². The molecule has 0 aromatic carbocycles. The Morgan fingerprint density at radius 3 is 2.44 bits per heavy atom. The van der Waals surface area contributed by atoms with Crippen molar-refractivity contribution in [2.45, 2.75) is 33.6 Å². The van der Waals surface area contributed by atoms with Crippen LogP contribution < -0.4 is 5.32 Å². The maximum Gasteiger partial charge on any atom is 0.236 e. The van der Waals surface area contributed by atoms with E-state index in [1.165, 1.54) is 12.8 Å². The fourth-order valence-corrected chi connectivity index (χ4v) is 2.60. The Bertz CT molecular complexity index is 239. The molecule has 0 aliphatic carbocycles. The number of amides is 1. The van der Waals surface area contributed by atoms with Crippen LogP contribution in [-0.4, -0.2) is 61.5 Å². The molecule has 0 aromatic heterocycles. The molecular formula is C14H29N3O. The highest BCUT2D eigenvalue weighted by Crippen LogP contribution is 2.18. The van der Waals surface area contributed by atoms with E-state index < -0.39 is 0 Å². The topological polar surface area (TPSA) is 35.6 Å². The summed E-state index contributed by atoms with van der Waals surface area (Å²) in [5.74, 6) is 1.13. The summed E-state index contributed by atoms with van der Waals surface area (Å²) in [5.41, 5.74) is 0. The Hall–Kier alpha value is -0.610. The van der Waals surface area contributed by atoms with Crippen molar-refractivity contribution in [1.29, 1.82) is 0 Å². The van der Waals surface area contributed by atoms with Crippen molar-refractivity contribution in [3.8, 4) is 0 Å². The van der Waals surface area contributed by atoms with Crippen LogP contribution in [0.5, 0.6) is 0 Å². The molecular weight excluding hydrogens is 226 g/mol. The van der Waals surface area contributed by atoms with Crippen LogP contribution in [0.1, 0.15) is 33.6 Å². The summed E-state index contributed by atoms with van der Waals surface area (Å²) in [6, 6.07) is 0. The summed E-state index contributed by atoms with van der Waals surface area (Å²) in [6.45, 7) is 12.8. The van der Waals surface area contributed by atoms with Crippen LogP contribution >= 0.6 is 0 Å². The van der Waals surface area contributed by atoms with Crippen LogP contribution in [0.2, 0.25) is 0 Å². The van der Waals surface area contributed by atoms with Gasteiger partial charge in [0.15, 0.2) is 0 Å². The monoisotopic (exact) mass is 255 g/mol. The summed E-state index contributed by atoms with van der Waals surface area (Å²) in [4.78, 5) is 16.3. The minimum Gasteiger partial charge on any atom is -0.339 e. The second-order valence-corrected chi connectivity index (χ2v) is 4.93. The number of piperazine rings is 1. The normalized spacial score (nSPS) is 24.6. The van der Waals surface area contributed by atoms with Crippen LogP contribution in [0, 0.1) is 5.92 Å². The fourth-order valence-electron chi connectivity index (χ4n) is 2.60. The van der Waals surface area contributed by atoms with Crippen LogP contribution in [-0.2, 0) is 4.79 Å². The van der Waals surface area contributed by atoms with Gasteiger partial charge in [0, 0.05) is 32.7 Å². The van der Waals surface area contributed by atoms with Crippen molar-refractivity contribution < 1.29 is 4.79 Å². The maximum atomic E-state index is 12.0. The lowest BCUT2D eigenvalue weighted by molar-refractivity contribution is -0.132. The molecule has 0 unspecified atom stereocenters. The maximum absolute atomic E-state index is 12.0. The second kappa shape index (κ2) is 8.48. The third kappa shape index (κ3) is 4.58. The standard InChI is InChI=1S/C12H23N3O.C2H6/c1-2-11-3-6-14(9-11)10-12(16)15-7-4-13-5-8-15;1-2/h11,13H,2-10H2,1H3;1-2H3/t11-;/m0./s1. The van der Waals surface area contributed by atoms with Crippen LogP contribution in [0.3, 0.4) is 0 Å². The molecule has 2 saturated heterocycles. The number of rotatable bonds is 3. The van der Waals surface area contributed by atoms with Crippen molar-refractivity contribution >= 4 is 5.91 Å². The number of nitrogens with one attached hydrogen (secondary N) is 1. The van der Waals surface area contributed by atoms with Crippen LogP contribution in [0.4, 0.5) is 0 Å². The quantitative estimate of drug-likeness (QED) is 0.822. The summed E-state index contributed by atoms with van der Waals surface area (Å²) in [7, 11) is 0. The summed E-state index contributed by atoms with van der Waals surface area (Å²) in [5, 5.41) is 3.27. The SMILES string of the molecule is CC.CC[C@H]1CCN(CC(=O)N2CCNCC2)C1. The Balaban J connectivity index is 0.000000771. The van der Waals surface area contributed by atoms with Crippen molar-refractivity contribution in [2.75, 3.05) is 45.8 Å². The number of hydrogen-bond acceptors (Lipinski definition) is 3. The molecule has 1 amide bonds. The minimum absolute atomic E-state index is 0.318. The van der Waals surface area contributed by atoms with E-state index in [1.54, 1.807) is 0 Å². The fraction of sp³-hybridized carbons (Fsp3) is 0.929. The minimum atomic E-state index is 0.318. The van der Waals surface area contributed by atoms with Gasteiger partial charge >= 0.3 is 0 Å². The first-order valence-corrected chi connectivity index (χ1v) is 7.50. The lowest BCUT2D eigenvalue weighted by Gasteiger charge is -2.29. The van der Waals surface area contributed by atoms with E-state index in [9.17, 15) is 4.79 Å². The molecule has 0 radical (unpaired) electrons. The Morgan fingerprint density at radius 1 is 1.22 bits per heavy atom. The molecule has 1 atom stereocenters. The van der Waals surface area contributed by atoms with E-state index in [1.807, 2.05) is 18.7 Å². The molecule has 2 rings (SSSR count). The van der Waals surface area contributed by atoms with E-state index in [0.29, 0.717) is 12.5 Å². The van der Waals surface area contributed by atoms with Gasteiger partial charge in [-0.15, -0.1) is 0 Å². The lowest BCUT2D eigenvalue weighted by atomic mass is 10.1. The molecule has 0 spiro atoms. The number of carbonyl (C=O) groups is 1. The average Bonchev–Trinajstić information content (AvgIpc) is 2.89. The van der Waals surface area contributed by atoms with Gasteiger partial charge in [0.2, 0.25) is 5.91 Å². The van der Waals surface area contributed by atoms with Gasteiger partial charge in [0.1, 0.15) is 0 Å². The molecule has 106 valence electrons. The molecule has 0 saturated carbocycles. The van der Waals surface area contributed by atoms with Crippen molar-refractivity contribution in [1.82, 2.24) is 15.1 Å². The highest BCUT2D eigenvalue weighted by Gasteiger charge is 2.25. The Labute approximate surface area is 112 Å². The zero-order valence-electron chi connectivity index (χ0n) is 12.2. The van der Waals surface area contributed by atoms with Crippen LogP contribution in [0.15, 0.2) is 0 Å².